The molecule has 0 aromatic heterocycles. The summed E-state index contributed by atoms with van der Waals surface area (Å²) in [5, 5.41) is 2.47. The van der Waals surface area contributed by atoms with E-state index < -0.39 is 17.5 Å². The standard InChI is InChI=1S/C17H22FNO3S/c1-12(20)23-10-6-5-7-13-8-9-15(14(18)11-13)19-16(21)22-17(2,3)4/h5,7-9,11H,6,10H2,1-4H3,(H,19,21). The zero-order valence-electron chi connectivity index (χ0n) is 13.8. The minimum atomic E-state index is -0.694. The lowest BCUT2D eigenvalue weighted by molar-refractivity contribution is -0.109. The number of rotatable bonds is 5. The van der Waals surface area contributed by atoms with E-state index >= 15 is 0 Å². The lowest BCUT2D eigenvalue weighted by atomic mass is 10.1. The number of carbonyl (C=O) groups excluding carboxylic acids is 2. The molecule has 0 aliphatic heterocycles. The predicted octanol–water partition coefficient (Wildman–Crippen LogP) is 4.86. The monoisotopic (exact) mass is 339 g/mol. The molecule has 0 saturated heterocycles. The van der Waals surface area contributed by atoms with Crippen LogP contribution < -0.4 is 5.32 Å². The highest BCUT2D eigenvalue weighted by molar-refractivity contribution is 8.13. The van der Waals surface area contributed by atoms with Gasteiger partial charge in [-0.25, -0.2) is 9.18 Å². The Kier molecular flexibility index (Phi) is 7.29. The van der Waals surface area contributed by atoms with Crippen LogP contribution in [0.1, 0.15) is 39.7 Å². The smallest absolute Gasteiger partial charge is 0.412 e. The number of hydrogen-bond acceptors (Lipinski definition) is 4. The molecule has 0 heterocycles. The Hall–Kier alpha value is -1.82. The van der Waals surface area contributed by atoms with Gasteiger partial charge < -0.3 is 4.74 Å². The number of hydrogen-bond donors (Lipinski definition) is 1. The van der Waals surface area contributed by atoms with Gasteiger partial charge in [-0.2, -0.15) is 0 Å². The van der Waals surface area contributed by atoms with Crippen molar-refractivity contribution in [3.63, 3.8) is 0 Å². The molecule has 6 heteroatoms. The molecule has 0 unspecified atom stereocenters. The van der Waals surface area contributed by atoms with Crippen molar-refractivity contribution in [3.8, 4) is 0 Å². The molecule has 1 aromatic rings. The molecule has 0 aliphatic rings. The summed E-state index contributed by atoms with van der Waals surface area (Å²) >= 11 is 1.26. The summed E-state index contributed by atoms with van der Waals surface area (Å²) in [7, 11) is 0. The van der Waals surface area contributed by atoms with E-state index in [2.05, 4.69) is 5.32 Å². The number of allylic oxidation sites excluding steroid dienone is 1. The van der Waals surface area contributed by atoms with Crippen LogP contribution in [-0.2, 0) is 9.53 Å². The molecular weight excluding hydrogens is 317 g/mol. The quantitative estimate of drug-likeness (QED) is 0.779. The SMILES string of the molecule is CC(=O)SCCC=Cc1ccc(NC(=O)OC(C)(C)C)c(F)c1. The minimum Gasteiger partial charge on any atom is -0.444 e. The summed E-state index contributed by atoms with van der Waals surface area (Å²) in [6.07, 6.45) is 3.69. The van der Waals surface area contributed by atoms with Crippen LogP contribution in [0.2, 0.25) is 0 Å². The summed E-state index contributed by atoms with van der Waals surface area (Å²) in [5.41, 5.74) is 0.120. The number of amides is 1. The highest BCUT2D eigenvalue weighted by atomic mass is 32.2. The number of nitrogens with one attached hydrogen (secondary N) is 1. The molecule has 126 valence electrons. The van der Waals surface area contributed by atoms with Gasteiger partial charge in [0.2, 0.25) is 0 Å². The highest BCUT2D eigenvalue weighted by Gasteiger charge is 2.17. The lowest BCUT2D eigenvalue weighted by Gasteiger charge is -2.19. The Balaban J connectivity index is 2.59. The maximum Gasteiger partial charge on any atom is 0.412 e. The number of benzene rings is 1. The van der Waals surface area contributed by atoms with Crippen LogP contribution in [0.4, 0.5) is 14.9 Å². The summed E-state index contributed by atoms with van der Waals surface area (Å²) < 4.78 is 19.0. The fourth-order valence-electron chi connectivity index (χ4n) is 1.64. The normalized spacial score (nSPS) is 11.5. The van der Waals surface area contributed by atoms with Crippen LogP contribution in [0.15, 0.2) is 24.3 Å². The van der Waals surface area contributed by atoms with Gasteiger partial charge >= 0.3 is 6.09 Å². The maximum absolute atomic E-state index is 14.0. The Labute approximate surface area is 140 Å². The first-order valence-electron chi connectivity index (χ1n) is 7.27. The molecule has 1 aromatic carbocycles. The molecule has 0 spiro atoms. The Bertz CT molecular complexity index is 594. The molecule has 1 N–H and O–H groups in total. The number of thioether (sulfide) groups is 1. The fourth-order valence-corrected chi connectivity index (χ4v) is 2.18. The van der Waals surface area contributed by atoms with Crippen LogP contribution in [0.25, 0.3) is 6.08 Å². The van der Waals surface area contributed by atoms with Gasteiger partial charge in [0.1, 0.15) is 11.4 Å². The third kappa shape index (κ3) is 8.40. The second-order valence-corrected chi connectivity index (χ2v) is 7.17. The Morgan fingerprint density at radius 3 is 2.61 bits per heavy atom. The van der Waals surface area contributed by atoms with E-state index in [9.17, 15) is 14.0 Å². The number of anilines is 1. The van der Waals surface area contributed by atoms with Gasteiger partial charge in [0.05, 0.1) is 5.69 Å². The van der Waals surface area contributed by atoms with Gasteiger partial charge in [-0.05, 0) is 44.9 Å². The summed E-state index contributed by atoms with van der Waals surface area (Å²) in [6, 6.07) is 4.52. The van der Waals surface area contributed by atoms with Crippen LogP contribution in [0, 0.1) is 5.82 Å². The van der Waals surface area contributed by atoms with Crippen molar-refractivity contribution < 1.29 is 18.7 Å². The summed E-state index contributed by atoms with van der Waals surface area (Å²) in [4.78, 5) is 22.4. The number of carbonyl (C=O) groups is 2. The Morgan fingerprint density at radius 1 is 1.35 bits per heavy atom. The van der Waals surface area contributed by atoms with Crippen molar-refractivity contribution in [2.75, 3.05) is 11.1 Å². The van der Waals surface area contributed by atoms with Gasteiger partial charge in [0.25, 0.3) is 0 Å². The molecule has 1 rings (SSSR count). The van der Waals surface area contributed by atoms with Crippen molar-refractivity contribution in [1.29, 1.82) is 0 Å². The van der Waals surface area contributed by atoms with Gasteiger partial charge in [-0.3, -0.25) is 10.1 Å². The van der Waals surface area contributed by atoms with E-state index in [1.165, 1.54) is 30.8 Å². The van der Waals surface area contributed by atoms with Crippen molar-refractivity contribution in [1.82, 2.24) is 0 Å². The van der Waals surface area contributed by atoms with E-state index in [4.69, 9.17) is 4.74 Å². The topological polar surface area (TPSA) is 55.4 Å². The van der Waals surface area contributed by atoms with Crippen LogP contribution >= 0.6 is 11.8 Å². The van der Waals surface area contributed by atoms with E-state index in [1.807, 2.05) is 6.08 Å². The second-order valence-electron chi connectivity index (χ2n) is 5.90. The van der Waals surface area contributed by atoms with Crippen LogP contribution in [0.5, 0.6) is 0 Å². The fraction of sp³-hybridized carbons (Fsp3) is 0.412. The molecular formula is C17H22FNO3S. The summed E-state index contributed by atoms with van der Waals surface area (Å²) in [6.45, 7) is 6.74. The maximum atomic E-state index is 14.0. The van der Waals surface area contributed by atoms with Crippen LogP contribution in [0.3, 0.4) is 0 Å². The van der Waals surface area contributed by atoms with E-state index in [0.29, 0.717) is 11.3 Å². The zero-order valence-corrected chi connectivity index (χ0v) is 14.6. The molecule has 23 heavy (non-hydrogen) atoms. The third-order valence-corrected chi connectivity index (χ3v) is 3.38. The number of halogens is 1. The van der Waals surface area contributed by atoms with Gasteiger partial charge in [-0.1, -0.05) is 30.0 Å². The molecule has 0 saturated carbocycles. The predicted molar refractivity (Wildman–Crippen MR) is 93.0 cm³/mol. The van der Waals surface area contributed by atoms with E-state index in [0.717, 1.165) is 6.42 Å². The highest BCUT2D eigenvalue weighted by Crippen LogP contribution is 2.18. The number of ether oxygens (including phenoxy) is 1. The first-order valence-corrected chi connectivity index (χ1v) is 8.25. The van der Waals surface area contributed by atoms with Crippen molar-refractivity contribution in [2.24, 2.45) is 0 Å². The molecule has 0 atom stereocenters. The second kappa shape index (κ2) is 8.72. The average Bonchev–Trinajstić information content (AvgIpc) is 2.39. The van der Waals surface area contributed by atoms with Crippen molar-refractivity contribution in [2.45, 2.75) is 39.7 Å². The summed E-state index contributed by atoms with van der Waals surface area (Å²) in [5.74, 6) is 0.170. The zero-order chi connectivity index (χ0) is 17.5. The van der Waals surface area contributed by atoms with E-state index in [-0.39, 0.29) is 10.8 Å². The molecule has 4 nitrogen and oxygen atoms in total. The van der Waals surface area contributed by atoms with Crippen LogP contribution in [-0.4, -0.2) is 22.6 Å². The van der Waals surface area contributed by atoms with Crippen molar-refractivity contribution in [3.05, 3.63) is 35.7 Å². The molecule has 0 fully saturated rings. The van der Waals surface area contributed by atoms with E-state index in [1.54, 1.807) is 32.9 Å². The van der Waals surface area contributed by atoms with Gasteiger partial charge in [0.15, 0.2) is 5.12 Å². The largest absolute Gasteiger partial charge is 0.444 e. The molecule has 1 amide bonds. The minimum absolute atomic E-state index is 0.0727. The van der Waals surface area contributed by atoms with Gasteiger partial charge in [0, 0.05) is 12.7 Å². The average molecular weight is 339 g/mol. The molecule has 0 radical (unpaired) electrons. The van der Waals surface area contributed by atoms with Crippen molar-refractivity contribution >= 4 is 34.7 Å². The first-order chi connectivity index (χ1) is 10.7. The molecule has 0 aliphatic carbocycles. The lowest BCUT2D eigenvalue weighted by Crippen LogP contribution is -2.27. The Morgan fingerprint density at radius 2 is 2.04 bits per heavy atom. The first kappa shape index (κ1) is 19.2. The molecule has 0 bridgehead atoms. The van der Waals surface area contributed by atoms with Gasteiger partial charge in [-0.15, -0.1) is 0 Å². The third-order valence-electron chi connectivity index (χ3n) is 2.53.